The van der Waals surface area contributed by atoms with Gasteiger partial charge in [0.05, 0.1) is 6.61 Å². The Kier molecular flexibility index (Phi) is 1.48. The number of ether oxygens (including phenoxy) is 1. The summed E-state index contributed by atoms with van der Waals surface area (Å²) in [7, 11) is 0. The zero-order valence-corrected chi connectivity index (χ0v) is 5.64. The van der Waals surface area contributed by atoms with E-state index in [0.29, 0.717) is 0 Å². The zero-order valence-electron chi connectivity index (χ0n) is 5.64. The van der Waals surface area contributed by atoms with Crippen LogP contribution in [0.4, 0.5) is 0 Å². The van der Waals surface area contributed by atoms with Gasteiger partial charge in [-0.3, -0.25) is 0 Å². The Bertz CT molecular complexity index is 152. The molecule has 0 aromatic carbocycles. The van der Waals surface area contributed by atoms with Gasteiger partial charge in [-0.1, -0.05) is 11.8 Å². The normalized spacial score (nSPS) is 24.6. The van der Waals surface area contributed by atoms with Crippen molar-refractivity contribution in [2.24, 2.45) is 0 Å². The lowest BCUT2D eigenvalue weighted by Gasteiger charge is -2.05. The molecule has 1 aliphatic rings. The minimum absolute atomic E-state index is 0.0939. The van der Waals surface area contributed by atoms with Crippen molar-refractivity contribution in [2.45, 2.75) is 25.6 Å². The summed E-state index contributed by atoms with van der Waals surface area (Å²) in [6, 6.07) is 0. The monoisotopic (exact) mass is 126 g/mol. The first-order chi connectivity index (χ1) is 4.08. The third-order valence-corrected chi connectivity index (χ3v) is 0.872. The minimum Gasteiger partial charge on any atom is -0.378 e. The fourth-order valence-electron chi connectivity index (χ4n) is 0.389. The highest BCUT2D eigenvalue weighted by molar-refractivity contribution is 5.16. The van der Waals surface area contributed by atoms with E-state index in [0.717, 1.165) is 6.61 Å². The Morgan fingerprint density at radius 2 is 2.22 bits per heavy atom. The second kappa shape index (κ2) is 2.02. The molecule has 1 rings (SSSR count). The molecule has 1 aliphatic heterocycles. The summed E-state index contributed by atoms with van der Waals surface area (Å²) in [6.45, 7) is 4.04. The van der Waals surface area contributed by atoms with E-state index in [1.807, 2.05) is 0 Å². The first-order valence-electron chi connectivity index (χ1n) is 2.94. The molecule has 1 N–H and O–H groups in total. The molecule has 50 valence electrons. The molecule has 2 nitrogen and oxygen atoms in total. The Hall–Kier alpha value is -0.520. The maximum absolute atomic E-state index is 9.07. The number of epoxide rings is 1. The predicted molar refractivity (Wildman–Crippen MR) is 33.8 cm³/mol. The van der Waals surface area contributed by atoms with Crippen LogP contribution in [0.15, 0.2) is 0 Å². The second-order valence-electron chi connectivity index (χ2n) is 2.65. The Morgan fingerprint density at radius 3 is 2.56 bits per heavy atom. The van der Waals surface area contributed by atoms with E-state index < -0.39 is 5.60 Å². The van der Waals surface area contributed by atoms with Crippen LogP contribution >= 0.6 is 0 Å². The molecule has 0 aromatic heterocycles. The summed E-state index contributed by atoms with van der Waals surface area (Å²) < 4.78 is 4.82. The van der Waals surface area contributed by atoms with Gasteiger partial charge in [0.15, 0.2) is 0 Å². The summed E-state index contributed by atoms with van der Waals surface area (Å²) in [5.74, 6) is 5.44. The van der Waals surface area contributed by atoms with Gasteiger partial charge in [0, 0.05) is 0 Å². The van der Waals surface area contributed by atoms with Crippen molar-refractivity contribution >= 4 is 0 Å². The van der Waals surface area contributed by atoms with E-state index in [2.05, 4.69) is 11.8 Å². The highest BCUT2D eigenvalue weighted by Gasteiger charge is 2.19. The van der Waals surface area contributed by atoms with Crippen LogP contribution in [0.1, 0.15) is 13.8 Å². The van der Waals surface area contributed by atoms with Gasteiger partial charge in [-0.2, -0.15) is 0 Å². The van der Waals surface area contributed by atoms with Crippen molar-refractivity contribution in [1.82, 2.24) is 0 Å². The van der Waals surface area contributed by atoms with Gasteiger partial charge < -0.3 is 9.84 Å². The maximum Gasteiger partial charge on any atom is 0.141 e. The lowest BCUT2D eigenvalue weighted by atomic mass is 10.1. The Balaban J connectivity index is 2.39. The van der Waals surface area contributed by atoms with Gasteiger partial charge in [-0.15, -0.1) is 0 Å². The average Bonchev–Trinajstić information content (AvgIpc) is 2.38. The van der Waals surface area contributed by atoms with E-state index in [9.17, 15) is 0 Å². The van der Waals surface area contributed by atoms with Crippen molar-refractivity contribution in [3.05, 3.63) is 0 Å². The molecular weight excluding hydrogens is 116 g/mol. The van der Waals surface area contributed by atoms with Gasteiger partial charge in [-0.25, -0.2) is 0 Å². The topological polar surface area (TPSA) is 32.8 Å². The molecular formula is C7H10O2. The smallest absolute Gasteiger partial charge is 0.141 e. The van der Waals surface area contributed by atoms with E-state index in [1.54, 1.807) is 13.8 Å². The molecule has 0 aliphatic carbocycles. The molecule has 0 saturated carbocycles. The lowest BCUT2D eigenvalue weighted by Crippen LogP contribution is -2.14. The van der Waals surface area contributed by atoms with Gasteiger partial charge in [0.1, 0.15) is 11.7 Å². The molecule has 9 heavy (non-hydrogen) atoms. The molecule has 0 amide bonds. The molecule has 2 heteroatoms. The summed E-state index contributed by atoms with van der Waals surface area (Å²) >= 11 is 0. The Labute approximate surface area is 54.8 Å². The maximum atomic E-state index is 9.07. The van der Waals surface area contributed by atoms with Crippen molar-refractivity contribution in [3.63, 3.8) is 0 Å². The molecule has 1 saturated heterocycles. The number of aliphatic hydroxyl groups is 1. The first kappa shape index (κ1) is 6.60. The van der Waals surface area contributed by atoms with E-state index in [4.69, 9.17) is 9.84 Å². The molecule has 0 radical (unpaired) electrons. The predicted octanol–water partition coefficient (Wildman–Crippen LogP) is 0.160. The quantitative estimate of drug-likeness (QED) is 0.370. The molecule has 1 fully saturated rings. The third kappa shape index (κ3) is 3.12. The van der Waals surface area contributed by atoms with Crippen molar-refractivity contribution in [3.8, 4) is 11.8 Å². The molecule has 0 bridgehead atoms. The average molecular weight is 126 g/mol. The van der Waals surface area contributed by atoms with Crippen LogP contribution in [0.3, 0.4) is 0 Å². The largest absolute Gasteiger partial charge is 0.378 e. The number of rotatable bonds is 0. The van der Waals surface area contributed by atoms with Crippen LogP contribution in [0.25, 0.3) is 0 Å². The van der Waals surface area contributed by atoms with Crippen molar-refractivity contribution in [1.29, 1.82) is 0 Å². The molecule has 0 aromatic rings. The number of hydrogen-bond donors (Lipinski definition) is 1. The van der Waals surface area contributed by atoms with Crippen LogP contribution < -0.4 is 0 Å². The van der Waals surface area contributed by atoms with E-state index in [1.165, 1.54) is 0 Å². The zero-order chi connectivity index (χ0) is 6.91. The fourth-order valence-corrected chi connectivity index (χ4v) is 0.389. The standard InChI is InChI=1S/C7H10O2/c1-7(2,8)4-3-6-5-9-6/h6,8H,5H2,1-2H3. The van der Waals surface area contributed by atoms with Crippen LogP contribution in [0.2, 0.25) is 0 Å². The van der Waals surface area contributed by atoms with Crippen LogP contribution in [0.5, 0.6) is 0 Å². The van der Waals surface area contributed by atoms with Gasteiger partial charge in [-0.05, 0) is 13.8 Å². The van der Waals surface area contributed by atoms with Crippen LogP contribution in [-0.2, 0) is 4.74 Å². The third-order valence-electron chi connectivity index (χ3n) is 0.872. The fraction of sp³-hybridized carbons (Fsp3) is 0.714. The lowest BCUT2D eigenvalue weighted by molar-refractivity contribution is 0.143. The Morgan fingerprint density at radius 1 is 1.67 bits per heavy atom. The van der Waals surface area contributed by atoms with E-state index in [-0.39, 0.29) is 6.10 Å². The summed E-state index contributed by atoms with van der Waals surface area (Å²) in [4.78, 5) is 0. The first-order valence-corrected chi connectivity index (χ1v) is 2.94. The van der Waals surface area contributed by atoms with Crippen LogP contribution in [-0.4, -0.2) is 23.4 Å². The number of hydrogen-bond acceptors (Lipinski definition) is 2. The highest BCUT2D eigenvalue weighted by atomic mass is 16.6. The van der Waals surface area contributed by atoms with Gasteiger partial charge in [0.2, 0.25) is 0 Å². The molecule has 0 spiro atoms. The minimum atomic E-state index is -0.869. The van der Waals surface area contributed by atoms with Gasteiger partial charge in [0.25, 0.3) is 0 Å². The van der Waals surface area contributed by atoms with Gasteiger partial charge >= 0.3 is 0 Å². The summed E-state index contributed by atoms with van der Waals surface area (Å²) in [5, 5.41) is 9.07. The SMILES string of the molecule is CC(C)(O)C#CC1CO1. The van der Waals surface area contributed by atoms with Crippen LogP contribution in [0, 0.1) is 11.8 Å². The highest BCUT2D eigenvalue weighted by Crippen LogP contribution is 2.07. The molecule has 1 unspecified atom stereocenters. The molecule has 1 heterocycles. The summed E-state index contributed by atoms with van der Waals surface area (Å²) in [5.41, 5.74) is -0.869. The van der Waals surface area contributed by atoms with Crippen molar-refractivity contribution in [2.75, 3.05) is 6.61 Å². The summed E-state index contributed by atoms with van der Waals surface area (Å²) in [6.07, 6.45) is 0.0939. The molecule has 1 atom stereocenters. The van der Waals surface area contributed by atoms with E-state index >= 15 is 0 Å². The second-order valence-corrected chi connectivity index (χ2v) is 2.65. The van der Waals surface area contributed by atoms with Crippen molar-refractivity contribution < 1.29 is 9.84 Å².